The second-order valence-corrected chi connectivity index (χ2v) is 6.04. The van der Waals surface area contributed by atoms with E-state index in [-0.39, 0.29) is 10.6 Å². The van der Waals surface area contributed by atoms with Gasteiger partial charge in [0.2, 0.25) is 0 Å². The van der Waals surface area contributed by atoms with Crippen LogP contribution in [0.5, 0.6) is 0 Å². The molecule has 1 unspecified atom stereocenters. The third kappa shape index (κ3) is 3.43. The van der Waals surface area contributed by atoms with E-state index in [9.17, 15) is 10.1 Å². The summed E-state index contributed by atoms with van der Waals surface area (Å²) in [5.41, 5.74) is 0.924. The van der Waals surface area contributed by atoms with Gasteiger partial charge >= 0.3 is 0 Å². The van der Waals surface area contributed by atoms with E-state index >= 15 is 0 Å². The number of rotatable bonds is 4. The monoisotopic (exact) mass is 316 g/mol. The summed E-state index contributed by atoms with van der Waals surface area (Å²) in [4.78, 5) is 10.6. The number of thioether (sulfide) groups is 1. The first-order valence-electron chi connectivity index (χ1n) is 5.41. The lowest BCUT2D eigenvalue weighted by molar-refractivity contribution is -0.385. The standard InChI is InChI=1S/C11H13BrN2O2S/c12-9-1-2-11(14(15)16)8(5-9)6-13-10-3-4-17-7-10/h1-2,5,10,13H,3-4,6-7H2. The molecule has 1 heterocycles. The number of nitrogens with zero attached hydrogens (tertiary/aromatic N) is 1. The Balaban J connectivity index is 2.07. The minimum absolute atomic E-state index is 0.186. The van der Waals surface area contributed by atoms with Crippen molar-refractivity contribution in [3.8, 4) is 0 Å². The summed E-state index contributed by atoms with van der Waals surface area (Å²) in [7, 11) is 0. The van der Waals surface area contributed by atoms with Crippen LogP contribution in [-0.2, 0) is 6.54 Å². The van der Waals surface area contributed by atoms with Crippen molar-refractivity contribution < 1.29 is 4.92 Å². The zero-order valence-electron chi connectivity index (χ0n) is 9.19. The molecule has 0 saturated carbocycles. The van der Waals surface area contributed by atoms with Gasteiger partial charge in [0.05, 0.1) is 4.92 Å². The normalized spacial score (nSPS) is 19.5. The summed E-state index contributed by atoms with van der Waals surface area (Å²) < 4.78 is 0.876. The summed E-state index contributed by atoms with van der Waals surface area (Å²) >= 11 is 5.27. The smallest absolute Gasteiger partial charge is 0.273 e. The van der Waals surface area contributed by atoms with Gasteiger partial charge in [-0.25, -0.2) is 0 Å². The number of nitro benzene ring substituents is 1. The van der Waals surface area contributed by atoms with Crippen LogP contribution >= 0.6 is 27.7 Å². The van der Waals surface area contributed by atoms with Crippen molar-refractivity contribution in [3.05, 3.63) is 38.3 Å². The van der Waals surface area contributed by atoms with Crippen LogP contribution in [0.15, 0.2) is 22.7 Å². The average molecular weight is 317 g/mol. The van der Waals surface area contributed by atoms with Gasteiger partial charge in [0.1, 0.15) is 0 Å². The molecule has 0 amide bonds. The summed E-state index contributed by atoms with van der Waals surface area (Å²) in [6.07, 6.45) is 1.15. The summed E-state index contributed by atoms with van der Waals surface area (Å²) in [6, 6.07) is 5.55. The van der Waals surface area contributed by atoms with Crippen LogP contribution in [0, 0.1) is 10.1 Å². The minimum atomic E-state index is -0.327. The molecule has 1 saturated heterocycles. The van der Waals surface area contributed by atoms with Gasteiger partial charge in [-0.3, -0.25) is 10.1 Å². The molecule has 1 aromatic rings. The first-order chi connectivity index (χ1) is 8.16. The highest BCUT2D eigenvalue weighted by Gasteiger charge is 2.18. The maximum atomic E-state index is 10.9. The van der Waals surface area contributed by atoms with E-state index in [0.717, 1.165) is 22.2 Å². The van der Waals surface area contributed by atoms with Crippen molar-refractivity contribution >= 4 is 33.4 Å². The highest BCUT2D eigenvalue weighted by atomic mass is 79.9. The van der Waals surface area contributed by atoms with Crippen LogP contribution < -0.4 is 5.32 Å². The molecule has 0 spiro atoms. The van der Waals surface area contributed by atoms with E-state index in [1.807, 2.05) is 17.8 Å². The van der Waals surface area contributed by atoms with Gasteiger partial charge in [-0.1, -0.05) is 15.9 Å². The number of hydrogen-bond acceptors (Lipinski definition) is 4. The third-order valence-corrected chi connectivity index (χ3v) is 4.40. The Labute approximate surface area is 112 Å². The molecule has 0 aliphatic carbocycles. The number of hydrogen-bond donors (Lipinski definition) is 1. The van der Waals surface area contributed by atoms with Crippen LogP contribution in [0.25, 0.3) is 0 Å². The Morgan fingerprint density at radius 3 is 3.06 bits per heavy atom. The summed E-state index contributed by atoms with van der Waals surface area (Å²) in [6.45, 7) is 0.557. The van der Waals surface area contributed by atoms with Gasteiger partial charge in [0, 0.05) is 34.4 Å². The van der Waals surface area contributed by atoms with Crippen LogP contribution in [0.3, 0.4) is 0 Å². The highest BCUT2D eigenvalue weighted by Crippen LogP contribution is 2.24. The maximum absolute atomic E-state index is 10.9. The molecule has 1 fully saturated rings. The number of nitrogens with one attached hydrogen (secondary N) is 1. The van der Waals surface area contributed by atoms with Crippen LogP contribution in [0.1, 0.15) is 12.0 Å². The Kier molecular flexibility index (Phi) is 4.42. The topological polar surface area (TPSA) is 55.2 Å². The zero-order valence-corrected chi connectivity index (χ0v) is 11.6. The van der Waals surface area contributed by atoms with Gasteiger partial charge in [-0.2, -0.15) is 11.8 Å². The van der Waals surface area contributed by atoms with E-state index in [0.29, 0.717) is 12.6 Å². The molecule has 6 heteroatoms. The van der Waals surface area contributed by atoms with Crippen molar-refractivity contribution in [3.63, 3.8) is 0 Å². The predicted molar refractivity (Wildman–Crippen MR) is 73.4 cm³/mol. The lowest BCUT2D eigenvalue weighted by atomic mass is 10.1. The van der Waals surface area contributed by atoms with E-state index in [1.54, 1.807) is 12.1 Å². The van der Waals surface area contributed by atoms with Crippen molar-refractivity contribution in [1.29, 1.82) is 0 Å². The molecule has 1 aromatic carbocycles. The van der Waals surface area contributed by atoms with E-state index < -0.39 is 0 Å². The van der Waals surface area contributed by atoms with Gasteiger partial charge in [-0.05, 0) is 24.3 Å². The average Bonchev–Trinajstić information content (AvgIpc) is 2.78. The maximum Gasteiger partial charge on any atom is 0.273 e. The highest BCUT2D eigenvalue weighted by molar-refractivity contribution is 9.10. The van der Waals surface area contributed by atoms with Crippen molar-refractivity contribution in [2.45, 2.75) is 19.0 Å². The Hall–Kier alpha value is -0.590. The Bertz CT molecular complexity index is 422. The molecule has 1 N–H and O–H groups in total. The molecule has 92 valence electrons. The van der Waals surface area contributed by atoms with Gasteiger partial charge in [0.25, 0.3) is 5.69 Å². The SMILES string of the molecule is O=[N+]([O-])c1ccc(Br)cc1CNC1CCSC1. The molecule has 17 heavy (non-hydrogen) atoms. The molecule has 1 aliphatic rings. The molecule has 0 bridgehead atoms. The summed E-state index contributed by atoms with van der Waals surface area (Å²) in [5, 5.41) is 14.3. The van der Waals surface area contributed by atoms with Crippen LogP contribution in [0.4, 0.5) is 5.69 Å². The first kappa shape index (κ1) is 12.9. The van der Waals surface area contributed by atoms with E-state index in [4.69, 9.17) is 0 Å². The van der Waals surface area contributed by atoms with E-state index in [1.165, 1.54) is 5.75 Å². The fourth-order valence-electron chi connectivity index (χ4n) is 1.82. The quantitative estimate of drug-likeness (QED) is 0.685. The fourth-order valence-corrected chi connectivity index (χ4v) is 3.42. The molecular formula is C11H13BrN2O2S. The van der Waals surface area contributed by atoms with Crippen molar-refractivity contribution in [2.75, 3.05) is 11.5 Å². The Morgan fingerprint density at radius 2 is 2.41 bits per heavy atom. The molecular weight excluding hydrogens is 304 g/mol. The molecule has 1 atom stereocenters. The van der Waals surface area contributed by atoms with Gasteiger partial charge in [0.15, 0.2) is 0 Å². The van der Waals surface area contributed by atoms with E-state index in [2.05, 4.69) is 21.2 Å². The van der Waals surface area contributed by atoms with Gasteiger partial charge < -0.3 is 5.32 Å². The second kappa shape index (κ2) is 5.84. The van der Waals surface area contributed by atoms with Crippen LogP contribution in [-0.4, -0.2) is 22.5 Å². The number of halogens is 1. The van der Waals surface area contributed by atoms with Crippen molar-refractivity contribution in [1.82, 2.24) is 5.32 Å². The lowest BCUT2D eigenvalue weighted by Crippen LogP contribution is -2.28. The summed E-state index contributed by atoms with van der Waals surface area (Å²) in [5.74, 6) is 2.28. The third-order valence-electron chi connectivity index (χ3n) is 2.75. The van der Waals surface area contributed by atoms with Crippen LogP contribution in [0.2, 0.25) is 0 Å². The fraction of sp³-hybridized carbons (Fsp3) is 0.455. The lowest BCUT2D eigenvalue weighted by Gasteiger charge is -2.11. The molecule has 0 radical (unpaired) electrons. The first-order valence-corrected chi connectivity index (χ1v) is 7.35. The molecule has 4 nitrogen and oxygen atoms in total. The molecule has 0 aromatic heterocycles. The number of benzene rings is 1. The zero-order chi connectivity index (χ0) is 12.3. The number of nitro groups is 1. The Morgan fingerprint density at radius 1 is 1.59 bits per heavy atom. The second-order valence-electron chi connectivity index (χ2n) is 3.97. The van der Waals surface area contributed by atoms with Gasteiger partial charge in [-0.15, -0.1) is 0 Å². The minimum Gasteiger partial charge on any atom is -0.309 e. The molecule has 2 rings (SSSR count). The largest absolute Gasteiger partial charge is 0.309 e. The molecule has 1 aliphatic heterocycles. The van der Waals surface area contributed by atoms with Crippen molar-refractivity contribution in [2.24, 2.45) is 0 Å². The predicted octanol–water partition coefficient (Wildman–Crippen LogP) is 2.95.